The fourth-order valence-corrected chi connectivity index (χ4v) is 3.37. The van der Waals surface area contributed by atoms with Gasteiger partial charge in [0.1, 0.15) is 6.04 Å². The third kappa shape index (κ3) is 3.47. The van der Waals surface area contributed by atoms with Crippen molar-refractivity contribution in [2.45, 2.75) is 18.7 Å². The molecule has 4 nitrogen and oxygen atoms in total. The number of nitrogens with zero attached hydrogens (tertiary/aromatic N) is 1. The Hall–Kier alpha value is -3.40. The van der Waals surface area contributed by atoms with E-state index in [9.17, 15) is 9.59 Å². The number of esters is 1. The predicted molar refractivity (Wildman–Crippen MR) is 102 cm³/mol. The lowest BCUT2D eigenvalue weighted by atomic mass is 10.0. The van der Waals surface area contributed by atoms with E-state index >= 15 is 0 Å². The Morgan fingerprint density at radius 3 is 2.00 bits per heavy atom. The van der Waals surface area contributed by atoms with E-state index in [0.29, 0.717) is 12.0 Å². The normalized spacial score (nSPS) is 19.0. The van der Waals surface area contributed by atoms with Gasteiger partial charge in [-0.3, -0.25) is 9.69 Å². The van der Waals surface area contributed by atoms with Crippen molar-refractivity contribution in [1.29, 1.82) is 0 Å². The van der Waals surface area contributed by atoms with E-state index in [1.807, 2.05) is 78.9 Å². The highest BCUT2D eigenvalue weighted by molar-refractivity contribution is 5.98. The molecular formula is C23H19NO3. The van der Waals surface area contributed by atoms with Gasteiger partial charge in [-0.1, -0.05) is 78.9 Å². The Kier molecular flexibility index (Phi) is 4.71. The van der Waals surface area contributed by atoms with Crippen LogP contribution in [0.4, 0.5) is 0 Å². The molecule has 0 radical (unpaired) electrons. The first-order valence-electron chi connectivity index (χ1n) is 8.91. The number of carbonyl (C=O) groups is 2. The molecule has 0 N–H and O–H groups in total. The maximum atomic E-state index is 13.3. The van der Waals surface area contributed by atoms with E-state index in [0.717, 1.165) is 11.1 Å². The molecule has 0 spiro atoms. The molecule has 0 aromatic heterocycles. The van der Waals surface area contributed by atoms with Crippen LogP contribution in [0.2, 0.25) is 0 Å². The minimum Gasteiger partial charge on any atom is -0.435 e. The third-order valence-electron chi connectivity index (χ3n) is 4.70. The summed E-state index contributed by atoms with van der Waals surface area (Å²) in [5, 5.41) is 0. The van der Waals surface area contributed by atoms with Crippen LogP contribution in [-0.4, -0.2) is 22.8 Å². The zero-order valence-corrected chi connectivity index (χ0v) is 14.7. The van der Waals surface area contributed by atoms with E-state index in [2.05, 4.69) is 0 Å². The summed E-state index contributed by atoms with van der Waals surface area (Å²) in [6.07, 6.45) is -0.304. The molecule has 0 aliphatic carbocycles. The van der Waals surface area contributed by atoms with Crippen molar-refractivity contribution in [1.82, 2.24) is 4.90 Å². The molecule has 1 aliphatic rings. The lowest BCUT2D eigenvalue weighted by Gasteiger charge is -2.26. The highest BCUT2D eigenvalue weighted by Gasteiger charge is 2.45. The molecule has 2 atom stereocenters. The Morgan fingerprint density at radius 2 is 1.37 bits per heavy atom. The number of hydrogen-bond acceptors (Lipinski definition) is 3. The summed E-state index contributed by atoms with van der Waals surface area (Å²) in [5.74, 6) is -0.590. The van der Waals surface area contributed by atoms with Crippen molar-refractivity contribution < 1.29 is 14.3 Å². The number of carbonyl (C=O) groups excluding carboxylic acids is 2. The molecule has 3 aromatic carbocycles. The lowest BCUT2D eigenvalue weighted by Crippen LogP contribution is -2.40. The summed E-state index contributed by atoms with van der Waals surface area (Å²) in [4.78, 5) is 27.5. The second-order valence-electron chi connectivity index (χ2n) is 6.48. The smallest absolute Gasteiger partial charge is 0.331 e. The Balaban J connectivity index is 1.72. The van der Waals surface area contributed by atoms with Crippen LogP contribution in [0, 0.1) is 0 Å². The fraction of sp³-hybridized carbons (Fsp3) is 0.130. The zero-order valence-electron chi connectivity index (χ0n) is 14.7. The van der Waals surface area contributed by atoms with Crippen LogP contribution in [0.3, 0.4) is 0 Å². The fourth-order valence-electron chi connectivity index (χ4n) is 3.37. The quantitative estimate of drug-likeness (QED) is 0.663. The molecule has 0 saturated carbocycles. The second kappa shape index (κ2) is 7.46. The standard InChI is InChI=1S/C23H19NO3/c25-21(18-12-6-2-7-13-18)24-20(16-17-10-4-1-5-11-17)23(26)27-22(24)19-14-8-3-9-15-19/h1-15,20,22H,16H2/t20-,22+/m1/s1. The minimum absolute atomic E-state index is 0.212. The molecule has 27 heavy (non-hydrogen) atoms. The number of ether oxygens (including phenoxy) is 1. The largest absolute Gasteiger partial charge is 0.435 e. The van der Waals surface area contributed by atoms with Crippen LogP contribution in [0.25, 0.3) is 0 Å². The summed E-state index contributed by atoms with van der Waals surface area (Å²) < 4.78 is 5.65. The molecular weight excluding hydrogens is 338 g/mol. The summed E-state index contributed by atoms with van der Waals surface area (Å²) >= 11 is 0. The number of benzene rings is 3. The first-order chi connectivity index (χ1) is 13.2. The van der Waals surface area contributed by atoms with Gasteiger partial charge in [-0.15, -0.1) is 0 Å². The van der Waals surface area contributed by atoms with Gasteiger partial charge in [0.15, 0.2) is 0 Å². The Morgan fingerprint density at radius 1 is 0.815 bits per heavy atom. The maximum Gasteiger partial charge on any atom is 0.331 e. The van der Waals surface area contributed by atoms with E-state index < -0.39 is 12.3 Å². The topological polar surface area (TPSA) is 46.6 Å². The third-order valence-corrected chi connectivity index (χ3v) is 4.70. The van der Waals surface area contributed by atoms with Crippen LogP contribution in [-0.2, 0) is 16.0 Å². The van der Waals surface area contributed by atoms with E-state index in [-0.39, 0.29) is 11.9 Å². The summed E-state index contributed by atoms with van der Waals surface area (Å²) in [6, 6.07) is 27.4. The number of amides is 1. The highest BCUT2D eigenvalue weighted by Crippen LogP contribution is 2.34. The van der Waals surface area contributed by atoms with Gasteiger partial charge in [-0.2, -0.15) is 0 Å². The van der Waals surface area contributed by atoms with Gasteiger partial charge >= 0.3 is 5.97 Å². The predicted octanol–water partition coefficient (Wildman–Crippen LogP) is 4.00. The van der Waals surface area contributed by atoms with Gasteiger partial charge < -0.3 is 4.74 Å². The monoisotopic (exact) mass is 357 g/mol. The summed E-state index contributed by atoms with van der Waals surface area (Å²) in [6.45, 7) is 0. The number of rotatable bonds is 4. The van der Waals surface area contributed by atoms with Crippen molar-refractivity contribution in [2.75, 3.05) is 0 Å². The number of cyclic esters (lactones) is 1. The van der Waals surface area contributed by atoms with Crippen molar-refractivity contribution in [3.8, 4) is 0 Å². The molecule has 0 bridgehead atoms. The molecule has 4 rings (SSSR count). The molecule has 134 valence electrons. The van der Waals surface area contributed by atoms with Gasteiger partial charge in [0.2, 0.25) is 6.23 Å². The average Bonchev–Trinajstić information content (AvgIpc) is 3.06. The van der Waals surface area contributed by atoms with Gasteiger partial charge in [0, 0.05) is 17.5 Å². The van der Waals surface area contributed by atoms with E-state index in [1.54, 1.807) is 17.0 Å². The second-order valence-corrected chi connectivity index (χ2v) is 6.48. The maximum absolute atomic E-state index is 13.3. The molecule has 1 fully saturated rings. The van der Waals surface area contributed by atoms with Crippen molar-refractivity contribution >= 4 is 11.9 Å². The van der Waals surface area contributed by atoms with E-state index in [1.165, 1.54) is 0 Å². The SMILES string of the molecule is O=C1O[C@@H](c2ccccc2)N(C(=O)c2ccccc2)[C@@H]1Cc1ccccc1. The molecule has 1 aliphatic heterocycles. The molecule has 4 heteroatoms. The summed E-state index contributed by atoms with van der Waals surface area (Å²) in [5.41, 5.74) is 2.31. The van der Waals surface area contributed by atoms with Crippen molar-refractivity contribution in [3.63, 3.8) is 0 Å². The van der Waals surface area contributed by atoms with Crippen LogP contribution in [0.15, 0.2) is 91.0 Å². The van der Waals surface area contributed by atoms with Crippen molar-refractivity contribution in [2.24, 2.45) is 0 Å². The van der Waals surface area contributed by atoms with Crippen molar-refractivity contribution in [3.05, 3.63) is 108 Å². The van der Waals surface area contributed by atoms with Crippen LogP contribution >= 0.6 is 0 Å². The lowest BCUT2D eigenvalue weighted by molar-refractivity contribution is -0.142. The van der Waals surface area contributed by atoms with Crippen LogP contribution < -0.4 is 0 Å². The van der Waals surface area contributed by atoms with Crippen LogP contribution in [0.1, 0.15) is 27.7 Å². The first-order valence-corrected chi connectivity index (χ1v) is 8.91. The molecule has 1 saturated heterocycles. The molecule has 0 unspecified atom stereocenters. The van der Waals surface area contributed by atoms with Crippen LogP contribution in [0.5, 0.6) is 0 Å². The van der Waals surface area contributed by atoms with Gasteiger partial charge in [0.05, 0.1) is 0 Å². The Labute approximate surface area is 158 Å². The summed E-state index contributed by atoms with van der Waals surface area (Å²) in [7, 11) is 0. The molecule has 1 amide bonds. The molecule has 1 heterocycles. The highest BCUT2D eigenvalue weighted by atomic mass is 16.6. The average molecular weight is 357 g/mol. The first kappa shape index (κ1) is 17.0. The number of hydrogen-bond donors (Lipinski definition) is 0. The van der Waals surface area contributed by atoms with Gasteiger partial charge in [-0.05, 0) is 17.7 Å². The van der Waals surface area contributed by atoms with Gasteiger partial charge in [-0.25, -0.2) is 4.79 Å². The van der Waals surface area contributed by atoms with Gasteiger partial charge in [0.25, 0.3) is 5.91 Å². The molecule has 3 aromatic rings. The minimum atomic E-state index is -0.722. The van der Waals surface area contributed by atoms with E-state index in [4.69, 9.17) is 4.74 Å². The zero-order chi connectivity index (χ0) is 18.6. The Bertz CT molecular complexity index is 926.